The smallest absolute Gasteiger partial charge is 0.407 e. The number of halogens is 1. The van der Waals surface area contributed by atoms with E-state index in [0.29, 0.717) is 58.8 Å². The summed E-state index contributed by atoms with van der Waals surface area (Å²) in [6, 6.07) is 15.6. The molecule has 2 saturated carbocycles. The van der Waals surface area contributed by atoms with Gasteiger partial charge in [-0.25, -0.2) is 23.6 Å². The predicted molar refractivity (Wildman–Crippen MR) is 205 cm³/mol. The number of aromatic nitrogens is 2. The lowest BCUT2D eigenvalue weighted by Gasteiger charge is -2.39. The summed E-state index contributed by atoms with van der Waals surface area (Å²) in [5, 5.41) is 7.63. The van der Waals surface area contributed by atoms with Crippen molar-refractivity contribution in [1.29, 1.82) is 0 Å². The molecule has 14 nitrogen and oxygen atoms in total. The third-order valence-electron chi connectivity index (χ3n) is 10.1. The van der Waals surface area contributed by atoms with Crippen molar-refractivity contribution in [2.75, 3.05) is 61.7 Å². The van der Waals surface area contributed by atoms with Gasteiger partial charge in [0.2, 0.25) is 5.91 Å². The molecular weight excluding hydrogens is 709 g/mol. The lowest BCUT2D eigenvalue weighted by Crippen LogP contribution is -2.59. The van der Waals surface area contributed by atoms with Crippen LogP contribution in [0, 0.1) is 17.7 Å². The molecule has 4 amide bonds. The molecule has 1 aromatic heterocycles. The average Bonchev–Trinajstić information content (AvgIpc) is 4.14. The maximum atomic E-state index is 14.6. The zero-order chi connectivity index (χ0) is 38.6. The van der Waals surface area contributed by atoms with E-state index in [1.54, 1.807) is 61.2 Å². The Kier molecular flexibility index (Phi) is 11.1. The van der Waals surface area contributed by atoms with Crippen molar-refractivity contribution in [3.63, 3.8) is 0 Å². The Bertz CT molecular complexity index is 2100. The van der Waals surface area contributed by atoms with Crippen LogP contribution in [-0.4, -0.2) is 85.1 Å². The third-order valence-corrected chi connectivity index (χ3v) is 10.1. The van der Waals surface area contributed by atoms with E-state index in [1.807, 2.05) is 5.01 Å². The first-order valence-corrected chi connectivity index (χ1v) is 18.7. The average molecular weight is 756 g/mol. The summed E-state index contributed by atoms with van der Waals surface area (Å²) < 4.78 is 32.6. The van der Waals surface area contributed by atoms with Gasteiger partial charge in [0.15, 0.2) is 5.82 Å². The minimum absolute atomic E-state index is 0.259. The van der Waals surface area contributed by atoms with Gasteiger partial charge in [-0.3, -0.25) is 14.5 Å². The number of amides is 4. The first-order valence-electron chi connectivity index (χ1n) is 18.7. The van der Waals surface area contributed by atoms with Gasteiger partial charge >= 0.3 is 12.1 Å². The van der Waals surface area contributed by atoms with Crippen molar-refractivity contribution < 1.29 is 33.0 Å². The van der Waals surface area contributed by atoms with Gasteiger partial charge in [0.1, 0.15) is 23.4 Å². The van der Waals surface area contributed by atoms with Crippen LogP contribution in [0.4, 0.5) is 25.4 Å². The molecule has 2 atom stereocenters. The van der Waals surface area contributed by atoms with E-state index in [0.717, 1.165) is 25.7 Å². The molecule has 290 valence electrons. The number of hydrogen-bond donors (Lipinski definition) is 2. The molecule has 3 aliphatic rings. The molecule has 0 bridgehead atoms. The molecule has 7 rings (SSSR count). The number of methoxy groups -OCH3 is 1. The fourth-order valence-corrected chi connectivity index (χ4v) is 6.59. The Morgan fingerprint density at radius 3 is 2.25 bits per heavy atom. The van der Waals surface area contributed by atoms with Gasteiger partial charge in [-0.05, 0) is 99.9 Å². The fourth-order valence-electron chi connectivity index (χ4n) is 6.59. The predicted octanol–water partition coefficient (Wildman–Crippen LogP) is 5.44. The van der Waals surface area contributed by atoms with E-state index in [2.05, 4.69) is 15.4 Å². The van der Waals surface area contributed by atoms with Crippen LogP contribution in [0.1, 0.15) is 51.4 Å². The van der Waals surface area contributed by atoms with Crippen molar-refractivity contribution in [2.24, 2.45) is 11.8 Å². The molecule has 2 N–H and O–H groups in total. The van der Waals surface area contributed by atoms with Gasteiger partial charge in [0, 0.05) is 24.8 Å². The summed E-state index contributed by atoms with van der Waals surface area (Å²) in [5.41, 5.74) is 0.924. The number of rotatable bonds is 13. The lowest BCUT2D eigenvalue weighted by atomic mass is 10.1. The van der Waals surface area contributed by atoms with Crippen LogP contribution in [0.3, 0.4) is 0 Å². The van der Waals surface area contributed by atoms with Crippen LogP contribution in [0.25, 0.3) is 10.9 Å². The Morgan fingerprint density at radius 2 is 1.58 bits per heavy atom. The quantitative estimate of drug-likeness (QED) is 0.182. The first kappa shape index (κ1) is 37.5. The second-order valence-corrected chi connectivity index (χ2v) is 14.4. The topological polar surface area (TPSA) is 148 Å². The number of benzene rings is 3. The number of alkyl carbamates (subject to hydrolysis) is 1. The van der Waals surface area contributed by atoms with Crippen molar-refractivity contribution >= 4 is 40.3 Å². The Hall–Kier alpha value is -5.86. The summed E-state index contributed by atoms with van der Waals surface area (Å²) >= 11 is 0. The molecule has 55 heavy (non-hydrogen) atoms. The highest BCUT2D eigenvalue weighted by Gasteiger charge is 2.34. The largest absolute Gasteiger partial charge is 0.493 e. The molecule has 2 heterocycles. The number of fused-ring (bicyclic) bond motifs is 1. The summed E-state index contributed by atoms with van der Waals surface area (Å²) in [6.07, 6.45) is 3.68. The fraction of sp³-hybridized carbons (Fsp3) is 0.425. The van der Waals surface area contributed by atoms with E-state index in [-0.39, 0.29) is 43.5 Å². The standard InChI is InChI=1S/C40H46FN7O7/c1-25(42-40(52)53-3)37(49)45-18-20-46(21-19-45)48-36(44-33-7-5-4-6-32(33)38(48)50)26(2)47(39(51)43-30-14-12-29(41)13-15-30)34-17-16-31(54-23-27-8-9-27)22-35(34)55-24-28-10-11-28/h4-7,12-17,22,25-28H,8-11,18-21,23-24H2,1-3H3,(H,42,52)(H,43,51). The molecule has 1 saturated heterocycles. The number of hydrogen-bond acceptors (Lipinski definition) is 9. The van der Waals surface area contributed by atoms with E-state index < -0.39 is 30.0 Å². The Morgan fingerprint density at radius 1 is 0.909 bits per heavy atom. The second-order valence-electron chi connectivity index (χ2n) is 14.4. The Balaban J connectivity index is 1.27. The van der Waals surface area contributed by atoms with E-state index >= 15 is 0 Å². The highest BCUT2D eigenvalue weighted by atomic mass is 19.1. The summed E-state index contributed by atoms with van der Waals surface area (Å²) in [7, 11) is 1.23. The number of carbonyl (C=O) groups is 3. The van der Waals surface area contributed by atoms with Crippen LogP contribution >= 0.6 is 0 Å². The molecule has 2 aliphatic carbocycles. The van der Waals surface area contributed by atoms with Crippen LogP contribution in [-0.2, 0) is 9.53 Å². The minimum atomic E-state index is -0.872. The second kappa shape index (κ2) is 16.2. The van der Waals surface area contributed by atoms with Gasteiger partial charge in [0.05, 0.1) is 56.0 Å². The highest BCUT2D eigenvalue weighted by Crippen LogP contribution is 2.40. The number of urea groups is 1. The van der Waals surface area contributed by atoms with Crippen LogP contribution < -0.4 is 35.6 Å². The molecule has 3 fully saturated rings. The number of carbonyl (C=O) groups excluding carboxylic acids is 3. The first-order chi connectivity index (χ1) is 26.6. The lowest BCUT2D eigenvalue weighted by molar-refractivity contribution is -0.133. The molecule has 0 radical (unpaired) electrons. The molecule has 2 unspecified atom stereocenters. The van der Waals surface area contributed by atoms with Crippen molar-refractivity contribution in [1.82, 2.24) is 19.9 Å². The van der Waals surface area contributed by atoms with Gasteiger partial charge in [-0.15, -0.1) is 0 Å². The summed E-state index contributed by atoms with van der Waals surface area (Å²) in [5.74, 6) is 1.57. The van der Waals surface area contributed by atoms with Crippen LogP contribution in [0.5, 0.6) is 11.5 Å². The highest BCUT2D eigenvalue weighted by molar-refractivity contribution is 6.03. The monoisotopic (exact) mass is 755 g/mol. The third kappa shape index (κ3) is 8.76. The minimum Gasteiger partial charge on any atom is -0.493 e. The van der Waals surface area contributed by atoms with Gasteiger partial charge in [-0.1, -0.05) is 12.1 Å². The molecule has 4 aromatic rings. The molecular formula is C40H46FN7O7. The van der Waals surface area contributed by atoms with Gasteiger partial charge in [-0.2, -0.15) is 0 Å². The molecule has 1 aliphatic heterocycles. The zero-order valence-corrected chi connectivity index (χ0v) is 31.2. The summed E-state index contributed by atoms with van der Waals surface area (Å²) in [4.78, 5) is 62.1. The van der Waals surface area contributed by atoms with Crippen LogP contribution in [0.15, 0.2) is 71.5 Å². The number of piperazine rings is 1. The maximum absolute atomic E-state index is 14.6. The van der Waals surface area contributed by atoms with Crippen molar-refractivity contribution in [3.05, 3.63) is 88.7 Å². The van der Waals surface area contributed by atoms with Gasteiger partial charge < -0.3 is 34.8 Å². The van der Waals surface area contributed by atoms with Crippen LogP contribution in [0.2, 0.25) is 0 Å². The molecule has 0 spiro atoms. The zero-order valence-electron chi connectivity index (χ0n) is 31.2. The maximum Gasteiger partial charge on any atom is 0.407 e. The SMILES string of the molecule is COC(=O)NC(C)C(=O)N1CCN(n2c(C(C)N(C(=O)Nc3ccc(F)cc3)c3ccc(OCC4CC4)cc3OCC3CC3)nc3ccccc3c2=O)CC1. The number of anilines is 2. The van der Waals surface area contributed by atoms with Crippen molar-refractivity contribution in [2.45, 2.75) is 51.6 Å². The normalized spacial score (nSPS) is 16.6. The Labute approximate surface area is 318 Å². The van der Waals surface area contributed by atoms with Gasteiger partial charge in [0.25, 0.3) is 5.56 Å². The van der Waals surface area contributed by atoms with E-state index in [9.17, 15) is 23.6 Å². The van der Waals surface area contributed by atoms with E-state index in [4.69, 9.17) is 14.5 Å². The number of nitrogens with one attached hydrogen (secondary N) is 2. The molecule has 3 aromatic carbocycles. The number of ether oxygens (including phenoxy) is 3. The number of nitrogens with zero attached hydrogens (tertiary/aromatic N) is 5. The molecule has 15 heteroatoms. The van der Waals surface area contributed by atoms with Crippen molar-refractivity contribution in [3.8, 4) is 11.5 Å². The van der Waals surface area contributed by atoms with E-state index in [1.165, 1.54) is 41.0 Å². The summed E-state index contributed by atoms with van der Waals surface area (Å²) in [6.45, 7) is 5.49. The number of para-hydroxylation sites is 1.